The molecule has 5 nitrogen and oxygen atoms in total. The molecule has 0 atom stereocenters. The number of aromatic nitrogens is 4. The van der Waals surface area contributed by atoms with Gasteiger partial charge in [-0.15, -0.1) is 0 Å². The molecule has 1 N–H and O–H groups in total. The van der Waals surface area contributed by atoms with Crippen molar-refractivity contribution in [1.82, 2.24) is 19.7 Å². The van der Waals surface area contributed by atoms with Gasteiger partial charge < -0.3 is 5.32 Å². The molecule has 19 heavy (non-hydrogen) atoms. The molecule has 2 aromatic rings. The first-order chi connectivity index (χ1) is 9.15. The second kappa shape index (κ2) is 5.82. The average Bonchev–Trinajstić information content (AvgIpc) is 2.82. The third-order valence-corrected chi connectivity index (χ3v) is 3.05. The zero-order chi connectivity index (χ0) is 13.8. The predicted molar refractivity (Wildman–Crippen MR) is 77.1 cm³/mol. The monoisotopic (exact) mass is 259 g/mol. The summed E-state index contributed by atoms with van der Waals surface area (Å²) in [4.78, 5) is 9.20. The Morgan fingerprint density at radius 1 is 1.26 bits per heavy atom. The molecule has 0 aliphatic carbocycles. The van der Waals surface area contributed by atoms with Crippen molar-refractivity contribution in [1.29, 1.82) is 0 Å². The Labute approximate surface area is 114 Å². The molecule has 2 rings (SSSR count). The van der Waals surface area contributed by atoms with Crippen molar-refractivity contribution in [3.8, 4) is 11.5 Å². The molecule has 0 fully saturated rings. The normalized spacial score (nSPS) is 10.7. The van der Waals surface area contributed by atoms with Gasteiger partial charge in [0.1, 0.15) is 11.5 Å². The van der Waals surface area contributed by atoms with E-state index in [1.807, 2.05) is 26.2 Å². The van der Waals surface area contributed by atoms with Gasteiger partial charge in [-0.05, 0) is 25.8 Å². The van der Waals surface area contributed by atoms with E-state index in [-0.39, 0.29) is 0 Å². The van der Waals surface area contributed by atoms with Gasteiger partial charge in [-0.3, -0.25) is 4.68 Å². The van der Waals surface area contributed by atoms with Gasteiger partial charge in [0.2, 0.25) is 0 Å². The van der Waals surface area contributed by atoms with Crippen LogP contribution < -0.4 is 5.32 Å². The molecule has 0 aliphatic heterocycles. The number of rotatable bonds is 5. The summed E-state index contributed by atoms with van der Waals surface area (Å²) in [5.41, 5.74) is 3.03. The molecule has 5 heteroatoms. The lowest BCUT2D eigenvalue weighted by molar-refractivity contribution is 0.768. The summed E-state index contributed by atoms with van der Waals surface area (Å²) in [6, 6.07) is 1.93. The summed E-state index contributed by atoms with van der Waals surface area (Å²) in [5.74, 6) is 1.63. The molecule has 2 heterocycles. The first-order valence-corrected chi connectivity index (χ1v) is 6.77. The Morgan fingerprint density at radius 3 is 2.63 bits per heavy atom. The van der Waals surface area contributed by atoms with Crippen LogP contribution in [0.3, 0.4) is 0 Å². The molecule has 102 valence electrons. The van der Waals surface area contributed by atoms with Gasteiger partial charge in [0.25, 0.3) is 0 Å². The molecule has 0 aromatic carbocycles. The number of anilines is 1. The molecule has 0 radical (unpaired) electrons. The lowest BCUT2D eigenvalue weighted by Gasteiger charge is -2.12. The molecular formula is C14H21N5. The minimum absolute atomic E-state index is 0.689. The highest BCUT2D eigenvalue weighted by atomic mass is 15.3. The van der Waals surface area contributed by atoms with Crippen molar-refractivity contribution < 1.29 is 0 Å². The highest BCUT2D eigenvalue weighted by Gasteiger charge is 2.12. The number of hydrogen-bond acceptors (Lipinski definition) is 4. The second-order valence-electron chi connectivity index (χ2n) is 4.61. The van der Waals surface area contributed by atoms with Gasteiger partial charge in [-0.25, -0.2) is 9.97 Å². The van der Waals surface area contributed by atoms with Crippen LogP contribution in [0.5, 0.6) is 0 Å². The third kappa shape index (κ3) is 2.92. The lowest BCUT2D eigenvalue weighted by atomic mass is 10.1. The molecule has 0 aliphatic rings. The van der Waals surface area contributed by atoms with Crippen LogP contribution in [-0.2, 0) is 13.5 Å². The molecule has 2 aromatic heterocycles. The Balaban J connectivity index is 2.43. The van der Waals surface area contributed by atoms with Crippen molar-refractivity contribution in [2.75, 3.05) is 11.9 Å². The van der Waals surface area contributed by atoms with Gasteiger partial charge in [0.15, 0.2) is 5.82 Å². The highest BCUT2D eigenvalue weighted by molar-refractivity contribution is 5.56. The molecule has 0 saturated heterocycles. The fraction of sp³-hybridized carbons (Fsp3) is 0.500. The molecule has 0 saturated carbocycles. The van der Waals surface area contributed by atoms with Gasteiger partial charge in [-0.2, -0.15) is 5.10 Å². The number of nitrogens with zero attached hydrogens (tertiary/aromatic N) is 4. The largest absolute Gasteiger partial charge is 0.370 e. The summed E-state index contributed by atoms with van der Waals surface area (Å²) in [6.45, 7) is 7.23. The van der Waals surface area contributed by atoms with Crippen molar-refractivity contribution in [2.24, 2.45) is 7.05 Å². The minimum atomic E-state index is 0.689. The van der Waals surface area contributed by atoms with E-state index < -0.39 is 0 Å². The van der Waals surface area contributed by atoms with Crippen LogP contribution in [0.1, 0.15) is 31.5 Å². The van der Waals surface area contributed by atoms with Gasteiger partial charge in [0, 0.05) is 31.0 Å². The van der Waals surface area contributed by atoms with E-state index in [4.69, 9.17) is 0 Å². The predicted octanol–water partition coefficient (Wildman–Crippen LogP) is 2.57. The fourth-order valence-corrected chi connectivity index (χ4v) is 2.06. The van der Waals surface area contributed by atoms with Crippen molar-refractivity contribution in [2.45, 2.75) is 33.6 Å². The van der Waals surface area contributed by atoms with Gasteiger partial charge in [0.05, 0.1) is 0 Å². The van der Waals surface area contributed by atoms with Crippen LogP contribution >= 0.6 is 0 Å². The summed E-state index contributed by atoms with van der Waals surface area (Å²) in [7, 11) is 1.90. The molecular weight excluding hydrogens is 238 g/mol. The first kappa shape index (κ1) is 13.5. The quantitative estimate of drug-likeness (QED) is 0.896. The van der Waals surface area contributed by atoms with Gasteiger partial charge in [-0.1, -0.05) is 13.8 Å². The SMILES string of the molecule is CCCNc1nc(-c2ccn(C)n2)nc(C)c1CC. The smallest absolute Gasteiger partial charge is 0.182 e. The standard InChI is InChI=1S/C14H21N5/c1-5-8-15-13-11(6-2)10(3)16-14(17-13)12-7-9-19(4)18-12/h7,9H,5-6,8H2,1-4H3,(H,15,16,17). The second-order valence-corrected chi connectivity index (χ2v) is 4.61. The molecule has 0 amide bonds. The Hall–Kier alpha value is -1.91. The number of aryl methyl sites for hydroxylation is 2. The van der Waals surface area contributed by atoms with E-state index in [0.29, 0.717) is 5.82 Å². The first-order valence-electron chi connectivity index (χ1n) is 6.77. The van der Waals surface area contributed by atoms with E-state index in [1.165, 1.54) is 5.56 Å². The Morgan fingerprint density at radius 2 is 2.05 bits per heavy atom. The van der Waals surface area contributed by atoms with Crippen LogP contribution in [0.15, 0.2) is 12.3 Å². The Kier molecular flexibility index (Phi) is 4.14. The van der Waals surface area contributed by atoms with Crippen molar-refractivity contribution in [3.63, 3.8) is 0 Å². The van der Waals surface area contributed by atoms with Crippen LogP contribution in [-0.4, -0.2) is 26.3 Å². The Bertz CT molecular complexity index is 559. The topological polar surface area (TPSA) is 55.6 Å². The average molecular weight is 259 g/mol. The maximum atomic E-state index is 4.63. The highest BCUT2D eigenvalue weighted by Crippen LogP contribution is 2.21. The van der Waals surface area contributed by atoms with Crippen LogP contribution in [0.2, 0.25) is 0 Å². The van der Waals surface area contributed by atoms with Crippen molar-refractivity contribution >= 4 is 5.82 Å². The minimum Gasteiger partial charge on any atom is -0.370 e. The van der Waals surface area contributed by atoms with Crippen LogP contribution in [0, 0.1) is 6.92 Å². The third-order valence-electron chi connectivity index (χ3n) is 3.05. The van der Waals surface area contributed by atoms with E-state index in [2.05, 4.69) is 34.2 Å². The summed E-state index contributed by atoms with van der Waals surface area (Å²) >= 11 is 0. The van der Waals surface area contributed by atoms with Crippen LogP contribution in [0.25, 0.3) is 11.5 Å². The molecule has 0 bridgehead atoms. The van der Waals surface area contributed by atoms with E-state index in [0.717, 1.165) is 36.6 Å². The molecule has 0 unspecified atom stereocenters. The zero-order valence-corrected chi connectivity index (χ0v) is 12.1. The maximum absolute atomic E-state index is 4.63. The number of nitrogens with one attached hydrogen (secondary N) is 1. The maximum Gasteiger partial charge on any atom is 0.182 e. The van der Waals surface area contributed by atoms with Crippen LogP contribution in [0.4, 0.5) is 5.82 Å². The molecule has 0 spiro atoms. The summed E-state index contributed by atoms with van der Waals surface area (Å²) in [6.07, 6.45) is 3.91. The van der Waals surface area contributed by atoms with E-state index in [1.54, 1.807) is 4.68 Å². The fourth-order valence-electron chi connectivity index (χ4n) is 2.06. The van der Waals surface area contributed by atoms with Crippen molar-refractivity contribution in [3.05, 3.63) is 23.5 Å². The van der Waals surface area contributed by atoms with E-state index in [9.17, 15) is 0 Å². The van der Waals surface area contributed by atoms with E-state index >= 15 is 0 Å². The lowest BCUT2D eigenvalue weighted by Crippen LogP contribution is -2.09. The number of hydrogen-bond donors (Lipinski definition) is 1. The van der Waals surface area contributed by atoms with Gasteiger partial charge >= 0.3 is 0 Å². The summed E-state index contributed by atoms with van der Waals surface area (Å²) in [5, 5.41) is 7.75. The zero-order valence-electron chi connectivity index (χ0n) is 12.1. The summed E-state index contributed by atoms with van der Waals surface area (Å²) < 4.78 is 1.76.